The van der Waals surface area contributed by atoms with Crippen LogP contribution in [0.5, 0.6) is 0 Å². The summed E-state index contributed by atoms with van der Waals surface area (Å²) in [5, 5.41) is 28.7. The summed E-state index contributed by atoms with van der Waals surface area (Å²) in [6, 6.07) is 4.66. The Morgan fingerprint density at radius 1 is 1.41 bits per heavy atom. The molecule has 0 saturated heterocycles. The molecule has 0 unspecified atom stereocenters. The maximum absolute atomic E-state index is 11.1. The number of nitro groups is 1. The molecular formula is C14H16N5O3-. The number of hydroxylamine groups is 1. The summed E-state index contributed by atoms with van der Waals surface area (Å²) in [4.78, 5) is 12.3. The van der Waals surface area contributed by atoms with Gasteiger partial charge >= 0.3 is 0 Å². The fourth-order valence-corrected chi connectivity index (χ4v) is 1.43. The summed E-state index contributed by atoms with van der Waals surface area (Å²) >= 11 is 0. The number of benzene rings is 1. The van der Waals surface area contributed by atoms with Crippen LogP contribution in [-0.2, 0) is 0 Å². The van der Waals surface area contributed by atoms with Gasteiger partial charge in [-0.3, -0.25) is 10.1 Å². The largest absolute Gasteiger partial charge is 0.761 e. The molecule has 0 saturated carbocycles. The van der Waals surface area contributed by atoms with Gasteiger partial charge in [0, 0.05) is 25.8 Å². The Kier molecular flexibility index (Phi) is 6.45. The highest BCUT2D eigenvalue weighted by Gasteiger charge is 2.15. The fraction of sp³-hybridized carbons (Fsp3) is 0.143. The molecule has 0 spiro atoms. The van der Waals surface area contributed by atoms with Crippen LogP contribution in [-0.4, -0.2) is 19.0 Å². The topological polar surface area (TPSA) is 106 Å². The summed E-state index contributed by atoms with van der Waals surface area (Å²) in [5.74, 6) is 0. The number of azo groups is 1. The Hall–Kier alpha value is -3.00. The zero-order valence-electron chi connectivity index (χ0n) is 12.3. The molecule has 116 valence electrons. The average molecular weight is 302 g/mol. The molecule has 0 aliphatic rings. The highest BCUT2D eigenvalue weighted by molar-refractivity contribution is 5.65. The first-order chi connectivity index (χ1) is 10.5. The molecule has 0 heterocycles. The van der Waals surface area contributed by atoms with Crippen LogP contribution in [0.1, 0.15) is 0 Å². The molecule has 1 rings (SSSR count). The molecule has 8 heteroatoms. The van der Waals surface area contributed by atoms with Gasteiger partial charge in [-0.15, -0.1) is 5.11 Å². The van der Waals surface area contributed by atoms with E-state index in [2.05, 4.69) is 16.8 Å². The van der Waals surface area contributed by atoms with E-state index in [9.17, 15) is 15.3 Å². The number of nitrogens with zero attached hydrogens (tertiary/aromatic N) is 4. The molecule has 0 bridgehead atoms. The third-order valence-corrected chi connectivity index (χ3v) is 2.52. The molecule has 0 amide bonds. The van der Waals surface area contributed by atoms with Crippen LogP contribution in [0, 0.1) is 15.3 Å². The first-order valence-electron chi connectivity index (χ1n) is 6.23. The highest BCUT2D eigenvalue weighted by Crippen LogP contribution is 2.31. The van der Waals surface area contributed by atoms with Crippen LogP contribution in [0.25, 0.3) is 0 Å². The third kappa shape index (κ3) is 5.17. The summed E-state index contributed by atoms with van der Waals surface area (Å²) in [5.41, 5.74) is 2.58. The Bertz CT molecular complexity index is 635. The molecular weight excluding hydrogens is 286 g/mol. The van der Waals surface area contributed by atoms with Crippen molar-refractivity contribution in [2.75, 3.05) is 19.0 Å². The molecule has 0 aliphatic carbocycles. The first kappa shape index (κ1) is 17.1. The van der Waals surface area contributed by atoms with Gasteiger partial charge in [-0.25, -0.2) is 0 Å². The molecule has 0 radical (unpaired) electrons. The number of nitro benzene ring substituents is 1. The Morgan fingerprint density at radius 3 is 2.73 bits per heavy atom. The van der Waals surface area contributed by atoms with E-state index < -0.39 is 4.92 Å². The quantitative estimate of drug-likeness (QED) is 0.359. The van der Waals surface area contributed by atoms with Gasteiger partial charge in [-0.2, -0.15) is 5.11 Å². The maximum atomic E-state index is 11.1. The second-order valence-electron chi connectivity index (χ2n) is 4.35. The van der Waals surface area contributed by atoms with Gasteiger partial charge in [0.05, 0.1) is 10.6 Å². The van der Waals surface area contributed by atoms with E-state index in [1.807, 2.05) is 0 Å². The first-order valence-corrected chi connectivity index (χ1v) is 6.23. The number of rotatable bonds is 7. The van der Waals surface area contributed by atoms with E-state index in [1.54, 1.807) is 30.5 Å². The molecule has 0 aromatic heterocycles. The van der Waals surface area contributed by atoms with E-state index in [1.165, 1.54) is 36.6 Å². The van der Waals surface area contributed by atoms with Crippen molar-refractivity contribution >= 4 is 17.1 Å². The second kappa shape index (κ2) is 8.32. The van der Waals surface area contributed by atoms with Crippen LogP contribution >= 0.6 is 0 Å². The van der Waals surface area contributed by atoms with Crippen molar-refractivity contribution in [3.63, 3.8) is 0 Å². The Balaban J connectivity index is 2.95. The van der Waals surface area contributed by atoms with Crippen LogP contribution in [0.2, 0.25) is 0 Å². The van der Waals surface area contributed by atoms with Gasteiger partial charge in [0.25, 0.3) is 5.69 Å². The lowest BCUT2D eigenvalue weighted by Gasteiger charge is -2.11. The molecule has 0 fully saturated rings. The minimum absolute atomic E-state index is 0.137. The molecule has 1 aromatic rings. The van der Waals surface area contributed by atoms with Gasteiger partial charge < -0.3 is 15.6 Å². The van der Waals surface area contributed by atoms with Crippen molar-refractivity contribution < 1.29 is 4.92 Å². The Morgan fingerprint density at radius 2 is 2.14 bits per heavy atom. The molecule has 1 N–H and O–H groups in total. The van der Waals surface area contributed by atoms with Gasteiger partial charge in [0.2, 0.25) is 0 Å². The summed E-state index contributed by atoms with van der Waals surface area (Å²) in [6.07, 6.45) is 5.70. The second-order valence-corrected chi connectivity index (χ2v) is 4.35. The molecule has 8 nitrogen and oxygen atoms in total. The predicted molar refractivity (Wildman–Crippen MR) is 85.9 cm³/mol. The van der Waals surface area contributed by atoms with E-state index in [4.69, 9.17) is 0 Å². The summed E-state index contributed by atoms with van der Waals surface area (Å²) < 4.78 is 0. The zero-order valence-corrected chi connectivity index (χ0v) is 12.3. The van der Waals surface area contributed by atoms with Crippen LogP contribution < -0.4 is 10.4 Å². The monoisotopic (exact) mass is 302 g/mol. The number of allylic oxidation sites excluding steroid dienone is 3. The van der Waals surface area contributed by atoms with E-state index in [0.29, 0.717) is 11.4 Å². The highest BCUT2D eigenvalue weighted by atomic mass is 16.6. The van der Waals surface area contributed by atoms with E-state index in [0.717, 1.165) is 0 Å². The van der Waals surface area contributed by atoms with E-state index in [-0.39, 0.29) is 11.4 Å². The third-order valence-electron chi connectivity index (χ3n) is 2.52. The predicted octanol–water partition coefficient (Wildman–Crippen LogP) is 3.42. The lowest BCUT2D eigenvalue weighted by Crippen LogP contribution is -2.08. The van der Waals surface area contributed by atoms with Crippen LogP contribution in [0.4, 0.5) is 17.1 Å². The lowest BCUT2D eigenvalue weighted by molar-refractivity contribution is -0.384. The van der Waals surface area contributed by atoms with Crippen molar-refractivity contribution in [2.24, 2.45) is 10.2 Å². The van der Waals surface area contributed by atoms with Gasteiger partial charge in [0.1, 0.15) is 0 Å². The maximum Gasteiger partial charge on any atom is 0.298 e. The Labute approximate surface area is 127 Å². The minimum Gasteiger partial charge on any atom is -0.761 e. The summed E-state index contributed by atoms with van der Waals surface area (Å²) in [7, 11) is 3.58. The van der Waals surface area contributed by atoms with Crippen molar-refractivity contribution in [1.82, 2.24) is 5.48 Å². The minimum atomic E-state index is -0.511. The van der Waals surface area contributed by atoms with E-state index >= 15 is 0 Å². The van der Waals surface area contributed by atoms with Crippen molar-refractivity contribution in [1.29, 1.82) is 0 Å². The fourth-order valence-electron chi connectivity index (χ4n) is 1.43. The number of hydrogen-bond acceptors (Lipinski definition) is 7. The van der Waals surface area contributed by atoms with Crippen molar-refractivity contribution in [3.8, 4) is 0 Å². The smallest absolute Gasteiger partial charge is 0.298 e. The summed E-state index contributed by atoms with van der Waals surface area (Å²) in [6.45, 7) is 3.63. The standard InChI is InChI=1S/C14H16N5O3/c1-11(6-4-5-9-15-20)16-17-13-8-7-12(18(2)3)10-14(13)19(21)22/h4-10,15H,1H2,2-3H3/q-1/b6-4-,9-5-,17-16?. The molecule has 1 aromatic carbocycles. The number of nitrogens with one attached hydrogen (secondary N) is 1. The van der Waals surface area contributed by atoms with Crippen LogP contribution in [0.15, 0.2) is 65.1 Å². The van der Waals surface area contributed by atoms with Gasteiger partial charge in [-0.05, 0) is 30.5 Å². The van der Waals surface area contributed by atoms with Gasteiger partial charge in [0.15, 0.2) is 5.69 Å². The average Bonchev–Trinajstić information content (AvgIpc) is 2.49. The molecule has 22 heavy (non-hydrogen) atoms. The number of hydrogen-bond donors (Lipinski definition) is 1. The van der Waals surface area contributed by atoms with Crippen molar-refractivity contribution in [3.05, 3.63) is 70.2 Å². The molecule has 0 aliphatic heterocycles. The van der Waals surface area contributed by atoms with Crippen LogP contribution in [0.3, 0.4) is 0 Å². The SMILES string of the molecule is C=C(/C=C\C=C/N[O-])N=Nc1ccc(N(C)C)cc1[N+](=O)[O-]. The van der Waals surface area contributed by atoms with Crippen molar-refractivity contribution in [2.45, 2.75) is 0 Å². The normalized spacial score (nSPS) is 11.4. The number of anilines is 1. The molecule has 0 atom stereocenters. The van der Waals surface area contributed by atoms with Gasteiger partial charge in [-0.1, -0.05) is 12.7 Å². The lowest BCUT2D eigenvalue weighted by atomic mass is 10.2. The zero-order chi connectivity index (χ0) is 16.5.